The number of rotatable bonds is 3. The summed E-state index contributed by atoms with van der Waals surface area (Å²) in [4.78, 5) is 11.3. The minimum atomic E-state index is -0.0779. The first-order valence-corrected chi connectivity index (χ1v) is 5.11. The quantitative estimate of drug-likeness (QED) is 0.693. The molecule has 14 heavy (non-hydrogen) atoms. The molecule has 0 spiro atoms. The fourth-order valence-electron chi connectivity index (χ4n) is 1.91. The third-order valence-electron chi connectivity index (χ3n) is 2.85. The van der Waals surface area contributed by atoms with Gasteiger partial charge in [0.2, 0.25) is 5.91 Å². The van der Waals surface area contributed by atoms with Gasteiger partial charge < -0.3 is 15.8 Å². The minimum absolute atomic E-state index is 0.0366. The van der Waals surface area contributed by atoms with Crippen molar-refractivity contribution in [3.63, 3.8) is 0 Å². The smallest absolute Gasteiger partial charge is 0.246 e. The SMILES string of the molecule is COCC(=O)NC1(C)CCC(N)CC1. The Morgan fingerprint density at radius 3 is 2.64 bits per heavy atom. The molecule has 0 atom stereocenters. The zero-order valence-corrected chi connectivity index (χ0v) is 9.01. The molecule has 0 saturated heterocycles. The maximum atomic E-state index is 11.3. The Bertz CT molecular complexity index is 198. The van der Waals surface area contributed by atoms with Gasteiger partial charge in [-0.3, -0.25) is 4.79 Å². The summed E-state index contributed by atoms with van der Waals surface area (Å²) in [5.41, 5.74) is 5.73. The molecule has 82 valence electrons. The third kappa shape index (κ3) is 3.27. The van der Waals surface area contributed by atoms with E-state index in [4.69, 9.17) is 10.5 Å². The van der Waals surface area contributed by atoms with Crippen LogP contribution in [-0.4, -0.2) is 31.2 Å². The van der Waals surface area contributed by atoms with Gasteiger partial charge in [0.1, 0.15) is 6.61 Å². The van der Waals surface area contributed by atoms with Gasteiger partial charge in [-0.25, -0.2) is 0 Å². The van der Waals surface area contributed by atoms with Gasteiger partial charge in [0.25, 0.3) is 0 Å². The average molecular weight is 200 g/mol. The normalized spacial score (nSPS) is 32.6. The largest absolute Gasteiger partial charge is 0.375 e. The van der Waals surface area contributed by atoms with Gasteiger partial charge >= 0.3 is 0 Å². The van der Waals surface area contributed by atoms with E-state index < -0.39 is 0 Å². The van der Waals surface area contributed by atoms with Gasteiger partial charge in [0.15, 0.2) is 0 Å². The number of nitrogens with two attached hydrogens (primary N) is 1. The van der Waals surface area contributed by atoms with Crippen molar-refractivity contribution >= 4 is 5.91 Å². The van der Waals surface area contributed by atoms with Crippen molar-refractivity contribution in [2.75, 3.05) is 13.7 Å². The lowest BCUT2D eigenvalue weighted by atomic mass is 9.81. The van der Waals surface area contributed by atoms with Crippen LogP contribution in [-0.2, 0) is 9.53 Å². The minimum Gasteiger partial charge on any atom is -0.375 e. The lowest BCUT2D eigenvalue weighted by Crippen LogP contribution is -2.51. The van der Waals surface area contributed by atoms with E-state index in [2.05, 4.69) is 12.2 Å². The summed E-state index contributed by atoms with van der Waals surface area (Å²) in [6.45, 7) is 2.22. The highest BCUT2D eigenvalue weighted by atomic mass is 16.5. The molecule has 0 aromatic heterocycles. The summed E-state index contributed by atoms with van der Waals surface area (Å²) >= 11 is 0. The number of nitrogens with one attached hydrogen (secondary N) is 1. The topological polar surface area (TPSA) is 64.3 Å². The molecule has 0 aliphatic heterocycles. The third-order valence-corrected chi connectivity index (χ3v) is 2.85. The van der Waals surface area contributed by atoms with Crippen molar-refractivity contribution in [1.82, 2.24) is 5.32 Å². The van der Waals surface area contributed by atoms with Gasteiger partial charge in [0, 0.05) is 18.7 Å². The summed E-state index contributed by atoms with van der Waals surface area (Å²) in [7, 11) is 1.53. The molecule has 0 aromatic rings. The van der Waals surface area contributed by atoms with Crippen LogP contribution in [0.5, 0.6) is 0 Å². The monoisotopic (exact) mass is 200 g/mol. The predicted octanol–water partition coefficient (Wildman–Crippen LogP) is 0.409. The van der Waals surface area contributed by atoms with Crippen LogP contribution in [0.3, 0.4) is 0 Å². The van der Waals surface area contributed by atoms with Crippen LogP contribution in [0.1, 0.15) is 32.6 Å². The van der Waals surface area contributed by atoms with E-state index in [1.165, 1.54) is 7.11 Å². The molecule has 4 nitrogen and oxygen atoms in total. The van der Waals surface area contributed by atoms with Crippen molar-refractivity contribution in [3.05, 3.63) is 0 Å². The number of ether oxygens (including phenoxy) is 1. The van der Waals surface area contributed by atoms with Gasteiger partial charge in [0.05, 0.1) is 0 Å². The van der Waals surface area contributed by atoms with E-state index >= 15 is 0 Å². The maximum absolute atomic E-state index is 11.3. The zero-order chi connectivity index (χ0) is 10.6. The van der Waals surface area contributed by atoms with Crippen molar-refractivity contribution in [2.45, 2.75) is 44.2 Å². The lowest BCUT2D eigenvalue weighted by Gasteiger charge is -2.36. The standard InChI is InChI=1S/C10H20N2O2/c1-10(12-9(13)7-14-2)5-3-8(11)4-6-10/h8H,3-7,11H2,1-2H3,(H,12,13). The summed E-state index contributed by atoms with van der Waals surface area (Å²) < 4.78 is 4.77. The fourth-order valence-corrected chi connectivity index (χ4v) is 1.91. The molecule has 1 aliphatic carbocycles. The van der Waals surface area contributed by atoms with E-state index in [1.54, 1.807) is 0 Å². The van der Waals surface area contributed by atoms with Gasteiger partial charge in [-0.05, 0) is 32.6 Å². The van der Waals surface area contributed by atoms with Crippen molar-refractivity contribution in [1.29, 1.82) is 0 Å². The highest BCUT2D eigenvalue weighted by Crippen LogP contribution is 2.26. The molecule has 1 saturated carbocycles. The van der Waals surface area contributed by atoms with Crippen LogP contribution in [0.25, 0.3) is 0 Å². The van der Waals surface area contributed by atoms with Crippen LogP contribution in [0.15, 0.2) is 0 Å². The molecule has 1 amide bonds. The van der Waals surface area contributed by atoms with Crippen molar-refractivity contribution in [3.8, 4) is 0 Å². The number of hydrogen-bond acceptors (Lipinski definition) is 3. The van der Waals surface area contributed by atoms with Crippen LogP contribution >= 0.6 is 0 Å². The molecular weight excluding hydrogens is 180 g/mol. The van der Waals surface area contributed by atoms with Gasteiger partial charge in [-0.1, -0.05) is 0 Å². The summed E-state index contributed by atoms with van der Waals surface area (Å²) in [5.74, 6) is -0.0366. The van der Waals surface area contributed by atoms with Crippen molar-refractivity contribution in [2.24, 2.45) is 5.73 Å². The predicted molar refractivity (Wildman–Crippen MR) is 54.9 cm³/mol. The van der Waals surface area contributed by atoms with Crippen molar-refractivity contribution < 1.29 is 9.53 Å². The highest BCUT2D eigenvalue weighted by molar-refractivity contribution is 5.78. The number of carbonyl (C=O) groups is 1. The molecule has 0 bridgehead atoms. The summed E-state index contributed by atoms with van der Waals surface area (Å²) in [6.07, 6.45) is 3.90. The lowest BCUT2D eigenvalue weighted by molar-refractivity contribution is -0.126. The van der Waals surface area contributed by atoms with Gasteiger partial charge in [-0.2, -0.15) is 0 Å². The Balaban J connectivity index is 2.38. The van der Waals surface area contributed by atoms with E-state index in [0.717, 1.165) is 25.7 Å². The Morgan fingerprint density at radius 1 is 1.57 bits per heavy atom. The Hall–Kier alpha value is -0.610. The molecule has 0 heterocycles. The van der Waals surface area contributed by atoms with Crippen LogP contribution in [0.4, 0.5) is 0 Å². The second kappa shape index (κ2) is 4.75. The molecule has 0 unspecified atom stereocenters. The van der Waals surface area contributed by atoms with Crippen LogP contribution < -0.4 is 11.1 Å². The van der Waals surface area contributed by atoms with Crippen LogP contribution in [0, 0.1) is 0 Å². The average Bonchev–Trinajstić information content (AvgIpc) is 2.11. The van der Waals surface area contributed by atoms with Gasteiger partial charge in [-0.15, -0.1) is 0 Å². The molecule has 0 radical (unpaired) electrons. The molecule has 4 heteroatoms. The molecular formula is C10H20N2O2. The Morgan fingerprint density at radius 2 is 2.14 bits per heavy atom. The number of hydrogen-bond donors (Lipinski definition) is 2. The molecule has 0 aromatic carbocycles. The Labute approximate surface area is 85.2 Å². The number of amides is 1. The second-order valence-electron chi connectivity index (χ2n) is 4.38. The Kier molecular flexibility index (Phi) is 3.89. The zero-order valence-electron chi connectivity index (χ0n) is 9.01. The second-order valence-corrected chi connectivity index (χ2v) is 4.38. The van der Waals surface area contributed by atoms with E-state index in [-0.39, 0.29) is 18.1 Å². The first-order valence-electron chi connectivity index (χ1n) is 5.11. The highest BCUT2D eigenvalue weighted by Gasteiger charge is 2.30. The fraction of sp³-hybridized carbons (Fsp3) is 0.900. The van der Waals surface area contributed by atoms with E-state index in [1.807, 2.05) is 0 Å². The number of methoxy groups -OCH3 is 1. The maximum Gasteiger partial charge on any atom is 0.246 e. The van der Waals surface area contributed by atoms with E-state index in [0.29, 0.717) is 6.04 Å². The van der Waals surface area contributed by atoms with E-state index in [9.17, 15) is 4.79 Å². The summed E-state index contributed by atoms with van der Waals surface area (Å²) in [5, 5.41) is 3.00. The molecule has 1 rings (SSSR count). The first-order chi connectivity index (χ1) is 6.56. The number of carbonyl (C=O) groups excluding carboxylic acids is 1. The first kappa shape index (κ1) is 11.5. The molecule has 3 N–H and O–H groups in total. The molecule has 1 fully saturated rings. The summed E-state index contributed by atoms with van der Waals surface area (Å²) in [6, 6.07) is 0.308. The van der Waals surface area contributed by atoms with Crippen LogP contribution in [0.2, 0.25) is 0 Å². The molecule has 1 aliphatic rings.